The molecule has 1 fully saturated rings. The van der Waals surface area contributed by atoms with Crippen molar-refractivity contribution in [3.63, 3.8) is 0 Å². The molecule has 1 aliphatic heterocycles. The summed E-state index contributed by atoms with van der Waals surface area (Å²) in [6.07, 6.45) is 3.86. The van der Waals surface area contributed by atoms with Crippen LogP contribution in [-0.2, 0) is 18.4 Å². The number of hydrogen-bond donors (Lipinski definition) is 2. The number of nitrogens with one attached hydrogen (secondary N) is 2. The molecule has 2 atom stereocenters. The van der Waals surface area contributed by atoms with Crippen molar-refractivity contribution in [2.24, 2.45) is 13.0 Å². The summed E-state index contributed by atoms with van der Waals surface area (Å²) in [5.74, 6) is 0.0792. The number of carbonyl (C=O) groups excluding carboxylic acids is 2. The quantitative estimate of drug-likeness (QED) is 0.694. The van der Waals surface area contributed by atoms with Gasteiger partial charge in [-0.2, -0.15) is 5.10 Å². The number of fused-ring (bicyclic) bond motifs is 1. The van der Waals surface area contributed by atoms with Gasteiger partial charge >= 0.3 is 6.03 Å². The summed E-state index contributed by atoms with van der Waals surface area (Å²) >= 11 is 0. The molecule has 3 amide bonds. The van der Waals surface area contributed by atoms with Crippen LogP contribution in [0.5, 0.6) is 0 Å². The third-order valence-corrected chi connectivity index (χ3v) is 5.84. The van der Waals surface area contributed by atoms with Gasteiger partial charge in [0.1, 0.15) is 5.58 Å². The summed E-state index contributed by atoms with van der Waals surface area (Å²) in [6, 6.07) is 7.31. The lowest BCUT2D eigenvalue weighted by molar-refractivity contribution is -0.127. The number of amides is 3. The minimum atomic E-state index is -0.255. The average molecular weight is 395 g/mol. The summed E-state index contributed by atoms with van der Waals surface area (Å²) in [7, 11) is 3.70. The predicted molar refractivity (Wildman–Crippen MR) is 108 cm³/mol. The Labute approximate surface area is 168 Å². The van der Waals surface area contributed by atoms with Crippen LogP contribution in [0, 0.1) is 12.8 Å². The van der Waals surface area contributed by atoms with E-state index in [1.54, 1.807) is 15.8 Å². The fourth-order valence-electron chi connectivity index (χ4n) is 4.08. The molecule has 0 saturated carbocycles. The van der Waals surface area contributed by atoms with Crippen LogP contribution in [-0.4, -0.2) is 40.2 Å². The first kappa shape index (κ1) is 19.0. The molecule has 0 radical (unpaired) electrons. The van der Waals surface area contributed by atoms with Gasteiger partial charge in [-0.25, -0.2) is 4.79 Å². The van der Waals surface area contributed by atoms with Gasteiger partial charge < -0.3 is 20.0 Å². The minimum Gasteiger partial charge on any atom is -0.464 e. The Hall–Kier alpha value is -3.29. The first-order valence-electron chi connectivity index (χ1n) is 9.66. The van der Waals surface area contributed by atoms with Crippen LogP contribution in [0.3, 0.4) is 0 Å². The van der Waals surface area contributed by atoms with Gasteiger partial charge in [0.05, 0.1) is 18.5 Å². The highest BCUT2D eigenvalue weighted by molar-refractivity contribution is 5.82. The summed E-state index contributed by atoms with van der Waals surface area (Å²) in [6.45, 7) is 2.81. The Morgan fingerprint density at radius 2 is 2.10 bits per heavy atom. The van der Waals surface area contributed by atoms with E-state index in [4.69, 9.17) is 4.42 Å². The number of urea groups is 1. The summed E-state index contributed by atoms with van der Waals surface area (Å²) in [4.78, 5) is 26.4. The highest BCUT2D eigenvalue weighted by Gasteiger charge is 2.40. The van der Waals surface area contributed by atoms with Crippen LogP contribution in [0.25, 0.3) is 11.0 Å². The number of hydrogen-bond acceptors (Lipinski definition) is 4. The van der Waals surface area contributed by atoms with Crippen LogP contribution < -0.4 is 10.6 Å². The molecule has 1 aromatic carbocycles. The number of carbonyl (C=O) groups is 2. The summed E-state index contributed by atoms with van der Waals surface area (Å²) in [5, 5.41) is 11.1. The largest absolute Gasteiger partial charge is 0.464 e. The summed E-state index contributed by atoms with van der Waals surface area (Å²) < 4.78 is 7.20. The molecule has 2 aromatic heterocycles. The average Bonchev–Trinajstić information content (AvgIpc) is 3.39. The second kappa shape index (κ2) is 7.62. The van der Waals surface area contributed by atoms with Gasteiger partial charge in [0.15, 0.2) is 0 Å². The highest BCUT2D eigenvalue weighted by Crippen LogP contribution is 2.37. The van der Waals surface area contributed by atoms with Gasteiger partial charge in [-0.15, -0.1) is 0 Å². The van der Waals surface area contributed by atoms with E-state index in [0.717, 1.165) is 27.8 Å². The van der Waals surface area contributed by atoms with Gasteiger partial charge in [0.2, 0.25) is 5.91 Å². The third kappa shape index (κ3) is 3.57. The van der Waals surface area contributed by atoms with E-state index in [-0.39, 0.29) is 23.9 Å². The molecule has 3 aromatic rings. The lowest BCUT2D eigenvalue weighted by atomic mass is 9.94. The van der Waals surface area contributed by atoms with Crippen LogP contribution in [0.4, 0.5) is 4.79 Å². The molecule has 8 nitrogen and oxygen atoms in total. The van der Waals surface area contributed by atoms with Crippen molar-refractivity contribution in [2.75, 3.05) is 13.6 Å². The molecule has 8 heteroatoms. The molecule has 0 aliphatic carbocycles. The standard InChI is InChI=1S/C21H25N5O3/c1-13-17(12-24-26(13)3)20-15(9-19(27)25(20)2)11-23-21(28)22-10-14-5-4-6-18-16(14)7-8-29-18/h4-8,12,15,20H,9-11H2,1-3H3,(H2,22,23,28)/t15-,20+/m0/s1. The highest BCUT2D eigenvalue weighted by atomic mass is 16.3. The van der Waals surface area contributed by atoms with Gasteiger partial charge in [-0.05, 0) is 24.6 Å². The zero-order valence-corrected chi connectivity index (χ0v) is 16.8. The fraction of sp³-hybridized carbons (Fsp3) is 0.381. The van der Waals surface area contributed by atoms with Crippen molar-refractivity contribution in [1.29, 1.82) is 0 Å². The normalized spacial score (nSPS) is 19.1. The minimum absolute atomic E-state index is 0.00143. The van der Waals surface area contributed by atoms with Crippen molar-refractivity contribution in [3.05, 3.63) is 53.5 Å². The van der Waals surface area contributed by atoms with E-state index < -0.39 is 0 Å². The molecule has 0 bridgehead atoms. The zero-order chi connectivity index (χ0) is 20.5. The molecule has 0 unspecified atom stereocenters. The van der Waals surface area contributed by atoms with Gasteiger partial charge in [0, 0.05) is 56.2 Å². The van der Waals surface area contributed by atoms with Crippen molar-refractivity contribution < 1.29 is 14.0 Å². The van der Waals surface area contributed by atoms with Crippen LogP contribution in [0.15, 0.2) is 41.1 Å². The maximum atomic E-state index is 12.4. The first-order valence-corrected chi connectivity index (χ1v) is 9.66. The van der Waals surface area contributed by atoms with E-state index in [2.05, 4.69) is 15.7 Å². The fourth-order valence-corrected chi connectivity index (χ4v) is 4.08. The molecular formula is C21H25N5O3. The Morgan fingerprint density at radius 3 is 2.86 bits per heavy atom. The Kier molecular flexibility index (Phi) is 5.00. The van der Waals surface area contributed by atoms with E-state index in [1.165, 1.54) is 0 Å². The molecular weight excluding hydrogens is 370 g/mol. The van der Waals surface area contributed by atoms with E-state index in [9.17, 15) is 9.59 Å². The lowest BCUT2D eigenvalue weighted by Crippen LogP contribution is -2.39. The van der Waals surface area contributed by atoms with Gasteiger partial charge in [-0.1, -0.05) is 12.1 Å². The molecule has 152 valence electrons. The maximum absolute atomic E-state index is 12.4. The Balaban J connectivity index is 1.38. The number of rotatable bonds is 5. The number of benzene rings is 1. The lowest BCUT2D eigenvalue weighted by Gasteiger charge is -2.25. The molecule has 1 aliphatic rings. The van der Waals surface area contributed by atoms with Crippen molar-refractivity contribution in [2.45, 2.75) is 25.9 Å². The number of nitrogens with zero attached hydrogens (tertiary/aromatic N) is 3. The predicted octanol–water partition coefficient (Wildman–Crippen LogP) is 2.49. The van der Waals surface area contributed by atoms with Crippen LogP contribution >= 0.6 is 0 Å². The van der Waals surface area contributed by atoms with E-state index >= 15 is 0 Å². The maximum Gasteiger partial charge on any atom is 0.315 e. The second-order valence-electron chi connectivity index (χ2n) is 7.54. The third-order valence-electron chi connectivity index (χ3n) is 5.84. The number of likely N-dealkylation sites (tertiary alicyclic amines) is 1. The van der Waals surface area contributed by atoms with E-state index in [0.29, 0.717) is 19.5 Å². The number of aromatic nitrogens is 2. The molecule has 29 heavy (non-hydrogen) atoms. The van der Waals surface area contributed by atoms with Crippen molar-refractivity contribution in [1.82, 2.24) is 25.3 Å². The SMILES string of the molecule is Cc1c([C@H]2[C@H](CNC(=O)NCc3cccc4occc34)CC(=O)N2C)cnn1C. The van der Waals surface area contributed by atoms with Crippen LogP contribution in [0.2, 0.25) is 0 Å². The topological polar surface area (TPSA) is 92.4 Å². The number of aryl methyl sites for hydroxylation is 1. The molecule has 3 heterocycles. The van der Waals surface area contributed by atoms with Gasteiger partial charge in [0.25, 0.3) is 0 Å². The second-order valence-corrected chi connectivity index (χ2v) is 7.54. The van der Waals surface area contributed by atoms with Crippen LogP contribution in [0.1, 0.15) is 29.3 Å². The molecule has 2 N–H and O–H groups in total. The molecule has 4 rings (SSSR count). The zero-order valence-electron chi connectivity index (χ0n) is 16.8. The Bertz CT molecular complexity index is 1050. The Morgan fingerprint density at radius 1 is 1.28 bits per heavy atom. The molecule has 0 spiro atoms. The summed E-state index contributed by atoms with van der Waals surface area (Å²) in [5.41, 5.74) is 3.84. The molecule has 1 saturated heterocycles. The van der Waals surface area contributed by atoms with E-state index in [1.807, 2.05) is 51.5 Å². The smallest absolute Gasteiger partial charge is 0.315 e. The van der Waals surface area contributed by atoms with Gasteiger partial charge in [-0.3, -0.25) is 9.48 Å². The monoisotopic (exact) mass is 395 g/mol. The van der Waals surface area contributed by atoms with Crippen molar-refractivity contribution in [3.8, 4) is 0 Å². The van der Waals surface area contributed by atoms with Crippen molar-refractivity contribution >= 4 is 22.9 Å². The number of furan rings is 1. The first-order chi connectivity index (χ1) is 14.0.